The van der Waals surface area contributed by atoms with Crippen LogP contribution >= 0.6 is 0 Å². The summed E-state index contributed by atoms with van der Waals surface area (Å²) >= 11 is 0. The van der Waals surface area contributed by atoms with Crippen LogP contribution in [0.1, 0.15) is 32.6 Å². The van der Waals surface area contributed by atoms with Gasteiger partial charge in [0.1, 0.15) is 5.82 Å². The molecule has 24 heavy (non-hydrogen) atoms. The van der Waals surface area contributed by atoms with Gasteiger partial charge in [-0.2, -0.15) is 5.10 Å². The second kappa shape index (κ2) is 7.01. The lowest BCUT2D eigenvalue weighted by atomic mass is 9.95. The van der Waals surface area contributed by atoms with E-state index in [1.807, 2.05) is 28.9 Å². The summed E-state index contributed by atoms with van der Waals surface area (Å²) in [6.45, 7) is 5.39. The molecule has 2 amide bonds. The number of piperidine rings is 2. The minimum absolute atomic E-state index is 0.0369. The second-order valence-corrected chi connectivity index (χ2v) is 7.23. The number of hydrogen-bond acceptors (Lipinski definition) is 4. The Labute approximate surface area is 143 Å². The predicted octanol–water partition coefficient (Wildman–Crippen LogP) is 1.60. The maximum Gasteiger partial charge on any atom is 0.317 e. The average Bonchev–Trinajstić information content (AvgIpc) is 3.01. The highest BCUT2D eigenvalue weighted by Crippen LogP contribution is 2.24. The molecule has 2 aliphatic heterocycles. The van der Waals surface area contributed by atoms with Gasteiger partial charge in [0.05, 0.1) is 18.3 Å². The average molecular weight is 335 g/mol. The molecule has 134 valence electrons. The Hall–Kier alpha value is -1.76. The molecule has 0 aliphatic carbocycles. The molecule has 0 aromatic carbocycles. The first kappa shape index (κ1) is 17.1. The number of aryl methyl sites for hydroxylation is 1. The van der Waals surface area contributed by atoms with Gasteiger partial charge < -0.3 is 19.9 Å². The molecule has 2 atom stereocenters. The van der Waals surface area contributed by atoms with E-state index in [0.717, 1.165) is 51.1 Å². The molecular formula is C17H29N5O2. The summed E-state index contributed by atoms with van der Waals surface area (Å²) in [5.74, 6) is 1.11. The van der Waals surface area contributed by atoms with Crippen molar-refractivity contribution < 1.29 is 9.53 Å². The minimum Gasteiger partial charge on any atom is -0.377 e. The molecule has 0 unspecified atom stereocenters. The first-order valence-corrected chi connectivity index (χ1v) is 8.84. The van der Waals surface area contributed by atoms with Crippen LogP contribution in [-0.2, 0) is 11.8 Å². The molecule has 0 spiro atoms. The SMILES string of the molecule is CO[C@]1(C)CCCN(C(=O)N[C@@H]2CCCN(c3ccnn3C)C2)C1. The molecule has 3 rings (SSSR count). The fourth-order valence-corrected chi connectivity index (χ4v) is 3.79. The number of aromatic nitrogens is 2. The molecule has 0 bridgehead atoms. The van der Waals surface area contributed by atoms with Crippen molar-refractivity contribution in [2.75, 3.05) is 38.2 Å². The molecule has 2 fully saturated rings. The maximum atomic E-state index is 12.7. The van der Waals surface area contributed by atoms with Gasteiger partial charge in [-0.05, 0) is 32.6 Å². The molecule has 1 N–H and O–H groups in total. The van der Waals surface area contributed by atoms with Crippen LogP contribution in [0.5, 0.6) is 0 Å². The van der Waals surface area contributed by atoms with Crippen molar-refractivity contribution in [3.8, 4) is 0 Å². The molecule has 0 radical (unpaired) electrons. The first-order chi connectivity index (χ1) is 11.5. The molecule has 0 saturated carbocycles. The van der Waals surface area contributed by atoms with Gasteiger partial charge in [0, 0.05) is 45.9 Å². The fraction of sp³-hybridized carbons (Fsp3) is 0.765. The number of ether oxygens (including phenoxy) is 1. The van der Waals surface area contributed by atoms with Crippen LogP contribution in [0.25, 0.3) is 0 Å². The van der Waals surface area contributed by atoms with E-state index in [-0.39, 0.29) is 17.7 Å². The monoisotopic (exact) mass is 335 g/mol. The number of urea groups is 1. The summed E-state index contributed by atoms with van der Waals surface area (Å²) in [6.07, 6.45) is 5.91. The zero-order chi connectivity index (χ0) is 17.2. The van der Waals surface area contributed by atoms with Gasteiger partial charge in [0.15, 0.2) is 0 Å². The van der Waals surface area contributed by atoms with Crippen molar-refractivity contribution >= 4 is 11.8 Å². The Bertz CT molecular complexity index is 575. The number of amides is 2. The lowest BCUT2D eigenvalue weighted by molar-refractivity contribution is -0.0403. The van der Waals surface area contributed by atoms with E-state index in [1.165, 1.54) is 0 Å². The third-order valence-electron chi connectivity index (χ3n) is 5.31. The van der Waals surface area contributed by atoms with E-state index in [1.54, 1.807) is 7.11 Å². The number of anilines is 1. The normalized spacial score (nSPS) is 28.0. The van der Waals surface area contributed by atoms with Crippen LogP contribution in [0.3, 0.4) is 0 Å². The molecular weight excluding hydrogens is 306 g/mol. The highest BCUT2D eigenvalue weighted by atomic mass is 16.5. The topological polar surface area (TPSA) is 62.6 Å². The van der Waals surface area contributed by atoms with Crippen molar-refractivity contribution in [2.45, 2.75) is 44.2 Å². The molecule has 7 nitrogen and oxygen atoms in total. The summed E-state index contributed by atoms with van der Waals surface area (Å²) in [7, 11) is 3.69. The van der Waals surface area contributed by atoms with Gasteiger partial charge in [-0.25, -0.2) is 4.79 Å². The number of carbonyl (C=O) groups is 1. The van der Waals surface area contributed by atoms with Gasteiger partial charge >= 0.3 is 6.03 Å². The van der Waals surface area contributed by atoms with Crippen LogP contribution in [0.15, 0.2) is 12.3 Å². The van der Waals surface area contributed by atoms with E-state index in [2.05, 4.69) is 22.2 Å². The number of rotatable bonds is 3. The second-order valence-electron chi connectivity index (χ2n) is 7.23. The van der Waals surface area contributed by atoms with Gasteiger partial charge in [-0.1, -0.05) is 0 Å². The zero-order valence-electron chi connectivity index (χ0n) is 15.0. The number of nitrogens with one attached hydrogen (secondary N) is 1. The van der Waals surface area contributed by atoms with Crippen molar-refractivity contribution in [2.24, 2.45) is 7.05 Å². The standard InChI is InChI=1S/C17H29N5O2/c1-17(24-3)8-5-11-22(13-17)16(23)19-14-6-4-10-21(12-14)15-7-9-18-20(15)2/h7,9,14H,4-6,8,10-13H2,1-3H3,(H,19,23)/t14-,17-/m1/s1. The van der Waals surface area contributed by atoms with Crippen LogP contribution in [0.4, 0.5) is 10.6 Å². The van der Waals surface area contributed by atoms with E-state index in [4.69, 9.17) is 4.74 Å². The van der Waals surface area contributed by atoms with Gasteiger partial charge in [-0.15, -0.1) is 0 Å². The molecule has 3 heterocycles. The summed E-state index contributed by atoms with van der Waals surface area (Å²) < 4.78 is 7.48. The molecule has 2 aliphatic rings. The summed E-state index contributed by atoms with van der Waals surface area (Å²) in [5, 5.41) is 7.46. The number of nitrogens with zero attached hydrogens (tertiary/aromatic N) is 4. The third-order valence-corrected chi connectivity index (χ3v) is 5.31. The van der Waals surface area contributed by atoms with Crippen molar-refractivity contribution in [1.29, 1.82) is 0 Å². The fourth-order valence-electron chi connectivity index (χ4n) is 3.79. The van der Waals surface area contributed by atoms with Crippen LogP contribution in [0, 0.1) is 0 Å². The highest BCUT2D eigenvalue weighted by Gasteiger charge is 2.34. The van der Waals surface area contributed by atoms with Gasteiger partial charge in [0.25, 0.3) is 0 Å². The maximum absolute atomic E-state index is 12.7. The van der Waals surface area contributed by atoms with E-state index in [9.17, 15) is 4.79 Å². The quantitative estimate of drug-likeness (QED) is 0.911. The number of hydrogen-bond donors (Lipinski definition) is 1. The Morgan fingerprint density at radius 3 is 2.96 bits per heavy atom. The van der Waals surface area contributed by atoms with Crippen molar-refractivity contribution in [1.82, 2.24) is 20.0 Å². The third kappa shape index (κ3) is 3.66. The zero-order valence-corrected chi connectivity index (χ0v) is 15.0. The van der Waals surface area contributed by atoms with Crippen LogP contribution < -0.4 is 10.2 Å². The smallest absolute Gasteiger partial charge is 0.317 e. The minimum atomic E-state index is -0.219. The first-order valence-electron chi connectivity index (χ1n) is 8.84. The van der Waals surface area contributed by atoms with Gasteiger partial charge in [-0.3, -0.25) is 4.68 Å². The Morgan fingerprint density at radius 2 is 2.25 bits per heavy atom. The number of methoxy groups -OCH3 is 1. The lowest BCUT2D eigenvalue weighted by Crippen LogP contribution is -2.56. The van der Waals surface area contributed by atoms with E-state index < -0.39 is 0 Å². The van der Waals surface area contributed by atoms with Crippen molar-refractivity contribution in [3.63, 3.8) is 0 Å². The number of carbonyl (C=O) groups excluding carboxylic acids is 1. The van der Waals surface area contributed by atoms with Gasteiger partial charge in [0.2, 0.25) is 0 Å². The largest absolute Gasteiger partial charge is 0.377 e. The number of likely N-dealkylation sites (tertiary alicyclic amines) is 1. The van der Waals surface area contributed by atoms with Crippen molar-refractivity contribution in [3.05, 3.63) is 12.3 Å². The molecule has 2 saturated heterocycles. The Kier molecular flexibility index (Phi) is 4.99. The Balaban J connectivity index is 1.57. The predicted molar refractivity (Wildman–Crippen MR) is 93.2 cm³/mol. The highest BCUT2D eigenvalue weighted by molar-refractivity contribution is 5.75. The van der Waals surface area contributed by atoms with E-state index in [0.29, 0.717) is 6.54 Å². The lowest BCUT2D eigenvalue weighted by Gasteiger charge is -2.41. The molecule has 1 aromatic heterocycles. The van der Waals surface area contributed by atoms with Crippen LogP contribution in [0.2, 0.25) is 0 Å². The Morgan fingerprint density at radius 1 is 1.42 bits per heavy atom. The summed E-state index contributed by atoms with van der Waals surface area (Å²) in [5.41, 5.74) is -0.219. The summed E-state index contributed by atoms with van der Waals surface area (Å²) in [6, 6.07) is 2.24. The molecule has 7 heteroatoms. The van der Waals surface area contributed by atoms with E-state index >= 15 is 0 Å². The molecule has 1 aromatic rings. The summed E-state index contributed by atoms with van der Waals surface area (Å²) in [4.78, 5) is 16.9. The van der Waals surface area contributed by atoms with Crippen LogP contribution in [-0.4, -0.2) is 65.6 Å².